The first-order valence-corrected chi connectivity index (χ1v) is 8.31. The molecule has 0 N–H and O–H groups in total. The van der Waals surface area contributed by atoms with Gasteiger partial charge in [0.2, 0.25) is 0 Å². The van der Waals surface area contributed by atoms with Crippen molar-refractivity contribution in [1.82, 2.24) is 0 Å². The van der Waals surface area contributed by atoms with E-state index in [4.69, 9.17) is 6.13 Å². The van der Waals surface area contributed by atoms with Gasteiger partial charge in [-0.1, -0.05) is 0 Å². The van der Waals surface area contributed by atoms with E-state index >= 15 is 0 Å². The number of halogens is 1. The molecule has 0 saturated heterocycles. The van der Waals surface area contributed by atoms with Gasteiger partial charge in [-0.15, -0.1) is 0 Å². The topological polar surface area (TPSA) is 52.6 Å². The van der Waals surface area contributed by atoms with Crippen molar-refractivity contribution in [3.63, 3.8) is 0 Å². The summed E-state index contributed by atoms with van der Waals surface area (Å²) in [7, 11) is 0. The molecule has 0 aliphatic heterocycles. The van der Waals surface area contributed by atoms with Crippen LogP contribution in [-0.4, -0.2) is 11.9 Å². The van der Waals surface area contributed by atoms with E-state index in [0.29, 0.717) is 0 Å². The molecule has 4 nitrogen and oxygen atoms in total. The third kappa shape index (κ3) is 3.97. The summed E-state index contributed by atoms with van der Waals surface area (Å²) in [6, 6.07) is 4.00. The quantitative estimate of drug-likeness (QED) is 0.773. The molecule has 100 valence electrons. The van der Waals surface area contributed by atoms with Gasteiger partial charge in [-0.25, -0.2) is 0 Å². The molecule has 0 atom stereocenters. The van der Waals surface area contributed by atoms with E-state index in [9.17, 15) is 9.59 Å². The van der Waals surface area contributed by atoms with Crippen molar-refractivity contribution in [2.45, 2.75) is 34.6 Å². The molecule has 0 fully saturated rings. The Kier molecular flexibility index (Phi) is 5.13. The van der Waals surface area contributed by atoms with Crippen LogP contribution in [-0.2, 0) is 15.7 Å². The SMILES string of the molecule is CC(=O)OI(OC(C)=O)c1c(C)cc(C)cc1C. The van der Waals surface area contributed by atoms with Gasteiger partial charge in [0, 0.05) is 0 Å². The van der Waals surface area contributed by atoms with Gasteiger partial charge in [0.1, 0.15) is 0 Å². The Balaban J connectivity index is 3.19. The number of carbonyl (C=O) groups is 2. The van der Waals surface area contributed by atoms with Crippen molar-refractivity contribution in [2.75, 3.05) is 0 Å². The van der Waals surface area contributed by atoms with Gasteiger partial charge in [-0.2, -0.15) is 0 Å². The standard InChI is InChI=1S/C13H17IO4/c1-8-6-9(2)13(10(3)7-8)14(17-11(4)15)18-12(5)16/h6-7H,1-5H3. The summed E-state index contributed by atoms with van der Waals surface area (Å²) in [5, 5.41) is 0. The second kappa shape index (κ2) is 6.17. The molecule has 0 saturated carbocycles. The Morgan fingerprint density at radius 3 is 1.67 bits per heavy atom. The van der Waals surface area contributed by atoms with Crippen molar-refractivity contribution in [3.05, 3.63) is 32.4 Å². The third-order valence-electron chi connectivity index (χ3n) is 2.09. The summed E-state index contributed by atoms with van der Waals surface area (Å²) in [4.78, 5) is 22.2. The molecular formula is C13H17IO4. The minimum atomic E-state index is -2.70. The van der Waals surface area contributed by atoms with Gasteiger partial charge < -0.3 is 0 Å². The average Bonchev–Trinajstić information content (AvgIpc) is 2.12. The number of hydrogen-bond donors (Lipinski definition) is 0. The average molecular weight is 364 g/mol. The fourth-order valence-corrected chi connectivity index (χ4v) is 5.05. The van der Waals surface area contributed by atoms with Crippen LogP contribution in [0.15, 0.2) is 12.1 Å². The summed E-state index contributed by atoms with van der Waals surface area (Å²) >= 11 is -2.70. The van der Waals surface area contributed by atoms with E-state index in [-0.39, 0.29) is 0 Å². The first kappa shape index (κ1) is 14.9. The van der Waals surface area contributed by atoms with Crippen LogP contribution in [0.1, 0.15) is 30.5 Å². The minimum absolute atomic E-state index is 0.416. The molecule has 0 aromatic heterocycles. The van der Waals surface area contributed by atoms with Crippen molar-refractivity contribution < 1.29 is 15.7 Å². The maximum atomic E-state index is 11.1. The normalized spacial score (nSPS) is 10.8. The molecule has 0 radical (unpaired) electrons. The zero-order valence-electron chi connectivity index (χ0n) is 11.2. The van der Waals surface area contributed by atoms with Crippen LogP contribution < -0.4 is 0 Å². The van der Waals surface area contributed by atoms with Gasteiger partial charge in [0.15, 0.2) is 0 Å². The first-order chi connectivity index (χ1) is 8.31. The van der Waals surface area contributed by atoms with Crippen molar-refractivity contribution in [1.29, 1.82) is 0 Å². The van der Waals surface area contributed by atoms with Gasteiger partial charge in [0.25, 0.3) is 0 Å². The monoisotopic (exact) mass is 364 g/mol. The van der Waals surface area contributed by atoms with E-state index in [2.05, 4.69) is 0 Å². The predicted molar refractivity (Wildman–Crippen MR) is 76.9 cm³/mol. The van der Waals surface area contributed by atoms with Gasteiger partial charge in [-0.3, -0.25) is 0 Å². The Morgan fingerprint density at radius 1 is 0.944 bits per heavy atom. The fourth-order valence-electron chi connectivity index (χ4n) is 1.70. The summed E-state index contributed by atoms with van der Waals surface area (Å²) in [6.45, 7) is 8.53. The van der Waals surface area contributed by atoms with Crippen LogP contribution in [0.3, 0.4) is 0 Å². The molecule has 18 heavy (non-hydrogen) atoms. The summed E-state index contributed by atoms with van der Waals surface area (Å²) < 4.78 is 11.3. The zero-order chi connectivity index (χ0) is 13.9. The molecule has 0 heterocycles. The van der Waals surface area contributed by atoms with Crippen LogP contribution >= 0.6 is 20.6 Å². The van der Waals surface area contributed by atoms with E-state index in [1.54, 1.807) is 0 Å². The Bertz CT molecular complexity index is 443. The van der Waals surface area contributed by atoms with Crippen LogP contribution in [0.2, 0.25) is 0 Å². The molecule has 0 amide bonds. The van der Waals surface area contributed by atoms with Crippen LogP contribution in [0.4, 0.5) is 0 Å². The van der Waals surface area contributed by atoms with Crippen molar-refractivity contribution in [2.24, 2.45) is 0 Å². The second-order valence-electron chi connectivity index (χ2n) is 4.07. The Morgan fingerprint density at radius 2 is 1.33 bits per heavy atom. The predicted octanol–water partition coefficient (Wildman–Crippen LogP) is 3.24. The van der Waals surface area contributed by atoms with Crippen LogP contribution in [0.5, 0.6) is 0 Å². The molecule has 5 heteroatoms. The zero-order valence-corrected chi connectivity index (χ0v) is 13.3. The second-order valence-corrected chi connectivity index (χ2v) is 7.27. The molecule has 0 spiro atoms. The number of hydrogen-bond acceptors (Lipinski definition) is 4. The molecule has 1 aromatic rings. The number of rotatable bonds is 3. The van der Waals surface area contributed by atoms with Gasteiger partial charge in [-0.05, 0) is 0 Å². The molecule has 0 aliphatic carbocycles. The number of carbonyl (C=O) groups excluding carboxylic acids is 2. The van der Waals surface area contributed by atoms with Gasteiger partial charge in [0.05, 0.1) is 0 Å². The molecule has 0 unspecified atom stereocenters. The summed E-state index contributed by atoms with van der Waals surface area (Å²) in [5.74, 6) is -0.832. The molecule has 1 rings (SSSR count). The molecule has 0 aliphatic rings. The first-order valence-electron chi connectivity index (χ1n) is 5.47. The van der Waals surface area contributed by atoms with Crippen LogP contribution in [0, 0.1) is 24.3 Å². The third-order valence-corrected chi connectivity index (χ3v) is 6.72. The molecular weight excluding hydrogens is 347 g/mol. The van der Waals surface area contributed by atoms with E-state index in [1.807, 2.05) is 32.9 Å². The molecule has 1 aromatic carbocycles. The summed E-state index contributed by atoms with van der Waals surface area (Å²) in [5.41, 5.74) is 3.13. The van der Waals surface area contributed by atoms with Crippen molar-refractivity contribution >= 4 is 32.6 Å². The van der Waals surface area contributed by atoms with E-state index in [0.717, 1.165) is 20.3 Å². The maximum absolute atomic E-state index is 11.1. The Labute approximate surface area is 115 Å². The summed E-state index contributed by atoms with van der Waals surface area (Å²) in [6.07, 6.45) is 0. The van der Waals surface area contributed by atoms with Gasteiger partial charge >= 0.3 is 115 Å². The van der Waals surface area contributed by atoms with Crippen molar-refractivity contribution in [3.8, 4) is 0 Å². The Hall–Kier alpha value is -1.11. The van der Waals surface area contributed by atoms with E-state index < -0.39 is 32.6 Å². The molecule has 0 bridgehead atoms. The van der Waals surface area contributed by atoms with E-state index in [1.165, 1.54) is 13.8 Å². The number of aryl methyl sites for hydroxylation is 3. The fraction of sp³-hybridized carbons (Fsp3) is 0.385. The van der Waals surface area contributed by atoms with Crippen LogP contribution in [0.25, 0.3) is 0 Å². The number of benzene rings is 1.